The van der Waals surface area contributed by atoms with E-state index in [1.54, 1.807) is 18.2 Å². The monoisotopic (exact) mass is 327 g/mol. The molecule has 2 aromatic carbocycles. The van der Waals surface area contributed by atoms with E-state index in [1.165, 1.54) is 30.3 Å². The Kier molecular flexibility index (Phi) is 5.05. The van der Waals surface area contributed by atoms with Crippen molar-refractivity contribution in [3.05, 3.63) is 64.2 Å². The van der Waals surface area contributed by atoms with Crippen LogP contribution in [0, 0.1) is 10.1 Å². The van der Waals surface area contributed by atoms with Gasteiger partial charge in [-0.3, -0.25) is 10.1 Å². The quantitative estimate of drug-likeness (QED) is 0.591. The van der Waals surface area contributed by atoms with Gasteiger partial charge in [-0.2, -0.15) is 13.2 Å². The minimum absolute atomic E-state index is 0.0848. The summed E-state index contributed by atoms with van der Waals surface area (Å²) in [5.41, 5.74) is 0.606. The van der Waals surface area contributed by atoms with Gasteiger partial charge in [-0.05, 0) is 23.8 Å². The van der Waals surface area contributed by atoms with Crippen LogP contribution in [0.3, 0.4) is 0 Å². The van der Waals surface area contributed by atoms with Crippen LogP contribution in [-0.4, -0.2) is 17.7 Å². The van der Waals surface area contributed by atoms with Gasteiger partial charge in [0.05, 0.1) is 11.0 Å². The van der Waals surface area contributed by atoms with Crippen molar-refractivity contribution >= 4 is 5.69 Å². The number of hydrogen-bond donors (Lipinski definition) is 0. The standard InChI is InChI=1S/C15H12F3NO4/c16-15(17,18)10-23-13-6-4-11(5-7-13)9-22-14-3-1-2-12(8-14)19(20)21/h1-8H,9-10H2. The first kappa shape index (κ1) is 16.6. The SMILES string of the molecule is O=[N+]([O-])c1cccc(OCc2ccc(OCC(F)(F)F)cc2)c1. The number of ether oxygens (including phenoxy) is 2. The summed E-state index contributed by atoms with van der Waals surface area (Å²) in [5, 5.41) is 10.7. The lowest BCUT2D eigenvalue weighted by atomic mass is 10.2. The molecule has 122 valence electrons. The van der Waals surface area contributed by atoms with Gasteiger partial charge in [0, 0.05) is 6.07 Å². The molecule has 8 heteroatoms. The lowest BCUT2D eigenvalue weighted by molar-refractivity contribution is -0.384. The van der Waals surface area contributed by atoms with Crippen LogP contribution in [0.2, 0.25) is 0 Å². The van der Waals surface area contributed by atoms with Crippen LogP contribution >= 0.6 is 0 Å². The van der Waals surface area contributed by atoms with Crippen LogP contribution in [0.5, 0.6) is 11.5 Å². The van der Waals surface area contributed by atoms with Crippen molar-refractivity contribution < 1.29 is 27.6 Å². The zero-order chi connectivity index (χ0) is 16.9. The van der Waals surface area contributed by atoms with Crippen molar-refractivity contribution in [3.8, 4) is 11.5 Å². The van der Waals surface area contributed by atoms with Crippen LogP contribution in [0.25, 0.3) is 0 Å². The molecule has 0 aromatic heterocycles. The first-order valence-corrected chi connectivity index (χ1v) is 6.49. The fourth-order valence-electron chi connectivity index (χ4n) is 1.70. The summed E-state index contributed by atoms with van der Waals surface area (Å²) in [6, 6.07) is 11.6. The summed E-state index contributed by atoms with van der Waals surface area (Å²) in [4.78, 5) is 10.1. The number of benzene rings is 2. The number of non-ortho nitro benzene ring substituents is 1. The molecule has 0 saturated heterocycles. The highest BCUT2D eigenvalue weighted by Crippen LogP contribution is 2.22. The van der Waals surface area contributed by atoms with Crippen LogP contribution in [-0.2, 0) is 6.61 Å². The Balaban J connectivity index is 1.91. The Morgan fingerprint density at radius 2 is 1.70 bits per heavy atom. The highest BCUT2D eigenvalue weighted by Gasteiger charge is 2.28. The number of nitro benzene ring substituents is 1. The fraction of sp³-hybridized carbons (Fsp3) is 0.200. The lowest BCUT2D eigenvalue weighted by Crippen LogP contribution is -2.19. The molecule has 0 heterocycles. The fourth-order valence-corrected chi connectivity index (χ4v) is 1.70. The summed E-state index contributed by atoms with van der Waals surface area (Å²) in [6.45, 7) is -1.22. The number of nitro groups is 1. The predicted octanol–water partition coefficient (Wildman–Crippen LogP) is 4.11. The number of nitrogens with zero attached hydrogens (tertiary/aromatic N) is 1. The van der Waals surface area contributed by atoms with Crippen molar-refractivity contribution in [1.29, 1.82) is 0 Å². The Bertz CT molecular complexity index is 671. The molecule has 0 saturated carbocycles. The molecule has 0 spiro atoms. The van der Waals surface area contributed by atoms with Gasteiger partial charge in [0.2, 0.25) is 0 Å². The summed E-state index contributed by atoms with van der Waals surface area (Å²) < 4.78 is 46.1. The van der Waals surface area contributed by atoms with Crippen LogP contribution < -0.4 is 9.47 Å². The number of alkyl halides is 3. The Hall–Kier alpha value is -2.77. The van der Waals surface area contributed by atoms with E-state index in [0.717, 1.165) is 0 Å². The molecule has 0 bridgehead atoms. The zero-order valence-corrected chi connectivity index (χ0v) is 11.7. The molecule has 0 aliphatic heterocycles. The smallest absolute Gasteiger partial charge is 0.422 e. The van der Waals surface area contributed by atoms with Crippen molar-refractivity contribution in [3.63, 3.8) is 0 Å². The molecule has 5 nitrogen and oxygen atoms in total. The van der Waals surface area contributed by atoms with E-state index >= 15 is 0 Å². The number of halogens is 3. The van der Waals surface area contributed by atoms with Crippen molar-refractivity contribution in [2.75, 3.05) is 6.61 Å². The van der Waals surface area contributed by atoms with E-state index in [4.69, 9.17) is 4.74 Å². The molecule has 0 radical (unpaired) electrons. The summed E-state index contributed by atoms with van der Waals surface area (Å²) in [6.07, 6.45) is -4.39. The Morgan fingerprint density at radius 3 is 2.30 bits per heavy atom. The number of rotatable bonds is 6. The van der Waals surface area contributed by atoms with Gasteiger partial charge in [0.1, 0.15) is 18.1 Å². The molecular weight excluding hydrogens is 315 g/mol. The maximum atomic E-state index is 12.0. The van der Waals surface area contributed by atoms with Crippen LogP contribution in [0.1, 0.15) is 5.56 Å². The topological polar surface area (TPSA) is 61.6 Å². The van der Waals surface area contributed by atoms with E-state index in [0.29, 0.717) is 11.3 Å². The molecule has 23 heavy (non-hydrogen) atoms. The third-order valence-corrected chi connectivity index (χ3v) is 2.76. The summed E-state index contributed by atoms with van der Waals surface area (Å²) in [7, 11) is 0. The predicted molar refractivity (Wildman–Crippen MR) is 75.4 cm³/mol. The van der Waals surface area contributed by atoms with E-state index in [-0.39, 0.29) is 18.0 Å². The first-order valence-electron chi connectivity index (χ1n) is 6.49. The largest absolute Gasteiger partial charge is 0.489 e. The molecule has 0 aliphatic rings. The third-order valence-electron chi connectivity index (χ3n) is 2.76. The highest BCUT2D eigenvalue weighted by atomic mass is 19.4. The van der Waals surface area contributed by atoms with E-state index in [9.17, 15) is 23.3 Å². The van der Waals surface area contributed by atoms with Crippen molar-refractivity contribution in [2.24, 2.45) is 0 Å². The van der Waals surface area contributed by atoms with Crippen molar-refractivity contribution in [1.82, 2.24) is 0 Å². The highest BCUT2D eigenvalue weighted by molar-refractivity contribution is 5.38. The summed E-state index contributed by atoms with van der Waals surface area (Å²) >= 11 is 0. The van der Waals surface area contributed by atoms with Gasteiger partial charge in [0.15, 0.2) is 6.61 Å². The Labute approximate surface area is 129 Å². The van der Waals surface area contributed by atoms with Gasteiger partial charge >= 0.3 is 6.18 Å². The average molecular weight is 327 g/mol. The maximum absolute atomic E-state index is 12.0. The van der Waals surface area contributed by atoms with Crippen LogP contribution in [0.4, 0.5) is 18.9 Å². The first-order chi connectivity index (χ1) is 10.8. The van der Waals surface area contributed by atoms with E-state index < -0.39 is 17.7 Å². The maximum Gasteiger partial charge on any atom is 0.422 e. The summed E-state index contributed by atoms with van der Waals surface area (Å²) in [5.74, 6) is 0.429. The molecule has 0 unspecified atom stereocenters. The lowest BCUT2D eigenvalue weighted by Gasteiger charge is -2.10. The minimum atomic E-state index is -4.39. The van der Waals surface area contributed by atoms with Gasteiger partial charge in [-0.15, -0.1) is 0 Å². The molecule has 0 aliphatic carbocycles. The number of hydrogen-bond acceptors (Lipinski definition) is 4. The minimum Gasteiger partial charge on any atom is -0.489 e. The average Bonchev–Trinajstić information content (AvgIpc) is 2.51. The molecule has 2 rings (SSSR count). The van der Waals surface area contributed by atoms with Crippen LogP contribution in [0.15, 0.2) is 48.5 Å². The van der Waals surface area contributed by atoms with Gasteiger partial charge in [-0.1, -0.05) is 18.2 Å². The third kappa shape index (κ3) is 5.50. The normalized spacial score (nSPS) is 11.1. The second-order valence-corrected chi connectivity index (χ2v) is 4.59. The van der Waals surface area contributed by atoms with E-state index in [2.05, 4.69) is 4.74 Å². The molecule has 0 N–H and O–H groups in total. The van der Waals surface area contributed by atoms with Gasteiger partial charge in [0.25, 0.3) is 5.69 Å². The zero-order valence-electron chi connectivity index (χ0n) is 11.7. The molecule has 2 aromatic rings. The van der Waals surface area contributed by atoms with Gasteiger partial charge in [-0.25, -0.2) is 0 Å². The Morgan fingerprint density at radius 1 is 1.00 bits per heavy atom. The molecule has 0 amide bonds. The second kappa shape index (κ2) is 6.99. The molecule has 0 atom stereocenters. The van der Waals surface area contributed by atoms with E-state index in [1.807, 2.05) is 0 Å². The second-order valence-electron chi connectivity index (χ2n) is 4.59. The molecular formula is C15H12F3NO4. The van der Waals surface area contributed by atoms with Crippen molar-refractivity contribution in [2.45, 2.75) is 12.8 Å². The van der Waals surface area contributed by atoms with Gasteiger partial charge < -0.3 is 9.47 Å². The molecule has 0 fully saturated rings.